The molecule has 37 heavy (non-hydrogen) atoms. The van der Waals surface area contributed by atoms with Gasteiger partial charge in [0.15, 0.2) is 0 Å². The third-order valence-electron chi connectivity index (χ3n) is 6.66. The number of anilines is 1. The Morgan fingerprint density at radius 2 is 1.62 bits per heavy atom. The molecule has 1 atom stereocenters. The lowest BCUT2D eigenvalue weighted by Gasteiger charge is -2.26. The van der Waals surface area contributed by atoms with Crippen molar-refractivity contribution in [3.63, 3.8) is 0 Å². The van der Waals surface area contributed by atoms with Crippen LogP contribution in [0.5, 0.6) is 5.75 Å². The third-order valence-corrected chi connectivity index (χ3v) is 7.73. The van der Waals surface area contributed by atoms with Crippen LogP contribution in [0, 0.1) is 20.8 Å². The highest BCUT2D eigenvalue weighted by atomic mass is 32.1. The molecule has 1 N–H and O–H groups in total. The van der Waals surface area contributed by atoms with Crippen LogP contribution in [0.2, 0.25) is 0 Å². The summed E-state index contributed by atoms with van der Waals surface area (Å²) in [6.07, 6.45) is 0. The Balaban J connectivity index is 1.56. The number of aryl methyl sites for hydroxylation is 3. The molecule has 0 radical (unpaired) electrons. The first kappa shape index (κ1) is 24.5. The number of para-hydroxylation sites is 1. The first-order chi connectivity index (χ1) is 17.9. The van der Waals surface area contributed by atoms with E-state index in [4.69, 9.17) is 4.74 Å². The number of ketones is 1. The number of benzene rings is 3. The van der Waals surface area contributed by atoms with Crippen LogP contribution in [0.25, 0.3) is 5.76 Å². The van der Waals surface area contributed by atoms with E-state index in [1.807, 2.05) is 86.8 Å². The summed E-state index contributed by atoms with van der Waals surface area (Å²) in [5.74, 6) is -0.842. The lowest BCUT2D eigenvalue weighted by molar-refractivity contribution is -0.132. The van der Waals surface area contributed by atoms with Gasteiger partial charge >= 0.3 is 0 Å². The van der Waals surface area contributed by atoms with Gasteiger partial charge < -0.3 is 9.84 Å². The number of hydrogen-bond acceptors (Lipinski definition) is 5. The number of aliphatic hydroxyl groups excluding tert-OH is 1. The third kappa shape index (κ3) is 4.56. The fraction of sp³-hybridized carbons (Fsp3) is 0.161. The average Bonchev–Trinajstić information content (AvgIpc) is 3.43. The van der Waals surface area contributed by atoms with Crippen LogP contribution in [-0.4, -0.2) is 16.8 Å². The largest absolute Gasteiger partial charge is 0.507 e. The Morgan fingerprint density at radius 3 is 2.30 bits per heavy atom. The minimum atomic E-state index is -0.713. The maximum Gasteiger partial charge on any atom is 0.300 e. The molecule has 0 spiro atoms. The predicted molar refractivity (Wildman–Crippen MR) is 147 cm³/mol. The molecule has 1 aliphatic heterocycles. The number of rotatable bonds is 6. The fourth-order valence-electron chi connectivity index (χ4n) is 4.68. The van der Waals surface area contributed by atoms with Crippen molar-refractivity contribution in [2.24, 2.45) is 0 Å². The molecule has 186 valence electrons. The number of hydrogen-bond donors (Lipinski definition) is 1. The van der Waals surface area contributed by atoms with Gasteiger partial charge in [-0.3, -0.25) is 14.5 Å². The van der Waals surface area contributed by atoms with Crippen molar-refractivity contribution in [2.75, 3.05) is 4.90 Å². The zero-order chi connectivity index (χ0) is 26.1. The lowest BCUT2D eigenvalue weighted by Crippen LogP contribution is -2.30. The van der Waals surface area contributed by atoms with E-state index in [0.29, 0.717) is 23.6 Å². The maximum atomic E-state index is 13.4. The van der Waals surface area contributed by atoms with Gasteiger partial charge in [0, 0.05) is 16.1 Å². The van der Waals surface area contributed by atoms with E-state index >= 15 is 0 Å². The first-order valence-electron chi connectivity index (χ1n) is 12.0. The second-order valence-corrected chi connectivity index (χ2v) is 10.1. The molecule has 3 aromatic carbocycles. The molecule has 1 amide bonds. The highest BCUT2D eigenvalue weighted by Crippen LogP contribution is 2.45. The van der Waals surface area contributed by atoms with Crippen LogP contribution >= 0.6 is 11.3 Å². The first-order valence-corrected chi connectivity index (χ1v) is 12.9. The summed E-state index contributed by atoms with van der Waals surface area (Å²) >= 11 is 1.47. The maximum absolute atomic E-state index is 13.4. The van der Waals surface area contributed by atoms with Crippen LogP contribution in [0.3, 0.4) is 0 Å². The Hall–Kier alpha value is -4.16. The van der Waals surface area contributed by atoms with Crippen LogP contribution in [0.4, 0.5) is 5.69 Å². The number of thiophene rings is 1. The Bertz CT molecular complexity index is 1520. The number of carbonyl (C=O) groups is 2. The minimum Gasteiger partial charge on any atom is -0.507 e. The van der Waals surface area contributed by atoms with Crippen molar-refractivity contribution in [1.29, 1.82) is 0 Å². The lowest BCUT2D eigenvalue weighted by atomic mass is 9.97. The molecule has 6 heteroatoms. The van der Waals surface area contributed by atoms with Gasteiger partial charge in [0.25, 0.3) is 11.7 Å². The summed E-state index contributed by atoms with van der Waals surface area (Å²) in [6.45, 7) is 6.17. The fourth-order valence-corrected chi connectivity index (χ4v) is 5.70. The molecule has 0 saturated carbocycles. The minimum absolute atomic E-state index is 0.0937. The predicted octanol–water partition coefficient (Wildman–Crippen LogP) is 6.88. The second-order valence-electron chi connectivity index (χ2n) is 9.18. The van der Waals surface area contributed by atoms with E-state index in [1.165, 1.54) is 16.2 Å². The molecule has 0 bridgehead atoms. The molecule has 1 aromatic heterocycles. The van der Waals surface area contributed by atoms with Gasteiger partial charge in [0.05, 0.1) is 5.57 Å². The smallest absolute Gasteiger partial charge is 0.300 e. The molecule has 0 aliphatic carbocycles. The number of amides is 1. The van der Waals surface area contributed by atoms with E-state index < -0.39 is 17.7 Å². The summed E-state index contributed by atoms with van der Waals surface area (Å²) in [6, 6.07) is 23.9. The Labute approximate surface area is 220 Å². The summed E-state index contributed by atoms with van der Waals surface area (Å²) in [5.41, 5.74) is 4.92. The van der Waals surface area contributed by atoms with Crippen molar-refractivity contribution in [2.45, 2.75) is 33.4 Å². The molecule has 1 aliphatic rings. The SMILES string of the molecule is Cc1cc(/C(O)=C2/C(=O)C(=O)N(c3ccccc3C)C2c2sccc2C)ccc1OCc1ccccc1. The summed E-state index contributed by atoms with van der Waals surface area (Å²) < 4.78 is 5.98. The Kier molecular flexibility index (Phi) is 6.68. The van der Waals surface area contributed by atoms with E-state index in [2.05, 4.69) is 0 Å². The summed E-state index contributed by atoms with van der Waals surface area (Å²) in [7, 11) is 0. The number of Topliss-reactive ketones (excluding diaryl/α,β-unsaturated/α-hetero) is 1. The van der Waals surface area contributed by atoms with Crippen molar-refractivity contribution < 1.29 is 19.4 Å². The van der Waals surface area contributed by atoms with Gasteiger partial charge in [-0.2, -0.15) is 0 Å². The van der Waals surface area contributed by atoms with Crippen LogP contribution in [-0.2, 0) is 16.2 Å². The quantitative estimate of drug-likeness (QED) is 0.175. The highest BCUT2D eigenvalue weighted by Gasteiger charge is 2.48. The molecule has 1 unspecified atom stereocenters. The number of ether oxygens (including phenoxy) is 1. The Morgan fingerprint density at radius 1 is 0.892 bits per heavy atom. The average molecular weight is 510 g/mol. The zero-order valence-electron chi connectivity index (χ0n) is 20.9. The van der Waals surface area contributed by atoms with Crippen LogP contribution in [0.15, 0.2) is 89.8 Å². The molecular formula is C31H27NO4S. The van der Waals surface area contributed by atoms with Crippen molar-refractivity contribution >= 4 is 34.5 Å². The molecular weight excluding hydrogens is 482 g/mol. The molecule has 4 aromatic rings. The molecule has 1 fully saturated rings. The second kappa shape index (κ2) is 10.1. The van der Waals surface area contributed by atoms with Crippen molar-refractivity contribution in [3.8, 4) is 5.75 Å². The molecule has 5 rings (SSSR count). The summed E-state index contributed by atoms with van der Waals surface area (Å²) in [5, 5.41) is 13.4. The van der Waals surface area contributed by atoms with Gasteiger partial charge in [0.2, 0.25) is 0 Å². The van der Waals surface area contributed by atoms with Crippen molar-refractivity contribution in [1.82, 2.24) is 0 Å². The normalized spacial score (nSPS) is 16.8. The van der Waals surface area contributed by atoms with Gasteiger partial charge in [-0.25, -0.2) is 0 Å². The highest BCUT2D eigenvalue weighted by molar-refractivity contribution is 7.10. The van der Waals surface area contributed by atoms with E-state index in [9.17, 15) is 14.7 Å². The van der Waals surface area contributed by atoms with E-state index in [-0.39, 0.29) is 11.3 Å². The van der Waals surface area contributed by atoms with Crippen molar-refractivity contribution in [3.05, 3.63) is 123 Å². The van der Waals surface area contributed by atoms with Crippen LogP contribution in [0.1, 0.15) is 38.7 Å². The number of aliphatic hydroxyl groups is 1. The van der Waals surface area contributed by atoms with Crippen LogP contribution < -0.4 is 9.64 Å². The van der Waals surface area contributed by atoms with Gasteiger partial charge in [0.1, 0.15) is 24.2 Å². The topological polar surface area (TPSA) is 66.8 Å². The monoisotopic (exact) mass is 509 g/mol. The van der Waals surface area contributed by atoms with E-state index in [1.54, 1.807) is 18.2 Å². The van der Waals surface area contributed by atoms with E-state index in [0.717, 1.165) is 27.1 Å². The molecule has 5 nitrogen and oxygen atoms in total. The standard InChI is InChI=1S/C31H27NO4S/c1-19-9-7-8-12-24(19)32-27(30-20(2)15-16-37-30)26(29(34)31(32)35)28(33)23-13-14-25(21(3)17-23)36-18-22-10-5-4-6-11-22/h4-17,27,33H,18H2,1-3H3/b28-26-. The van der Waals surface area contributed by atoms with Gasteiger partial charge in [-0.15, -0.1) is 11.3 Å². The summed E-state index contributed by atoms with van der Waals surface area (Å²) in [4.78, 5) is 29.2. The van der Waals surface area contributed by atoms with Gasteiger partial charge in [-0.1, -0.05) is 48.5 Å². The van der Waals surface area contributed by atoms with Gasteiger partial charge in [-0.05, 0) is 78.7 Å². The number of nitrogens with zero attached hydrogens (tertiary/aromatic N) is 1. The molecule has 2 heterocycles. The zero-order valence-corrected chi connectivity index (χ0v) is 21.7. The molecule has 1 saturated heterocycles. The number of carbonyl (C=O) groups excluding carboxylic acids is 2.